The minimum atomic E-state index is -0.937. The quantitative estimate of drug-likeness (QED) is 0.664. The summed E-state index contributed by atoms with van der Waals surface area (Å²) in [5.41, 5.74) is 1.14. The summed E-state index contributed by atoms with van der Waals surface area (Å²) in [6.45, 7) is 3.00. The molecule has 2 rings (SSSR count). The van der Waals surface area contributed by atoms with E-state index in [4.69, 9.17) is 14.6 Å². The molecule has 0 aromatic carbocycles. The van der Waals surface area contributed by atoms with Crippen molar-refractivity contribution in [3.8, 4) is 0 Å². The highest BCUT2D eigenvalue weighted by Crippen LogP contribution is 2.35. The summed E-state index contributed by atoms with van der Waals surface area (Å²) in [6.07, 6.45) is -2.90. The number of aryl methyl sites for hydroxylation is 2. The lowest BCUT2D eigenvalue weighted by molar-refractivity contribution is -0.0254. The summed E-state index contributed by atoms with van der Waals surface area (Å²) in [5, 5.41) is 19.1. The van der Waals surface area contributed by atoms with Crippen LogP contribution in [0.3, 0.4) is 0 Å². The zero-order chi connectivity index (χ0) is 14.2. The summed E-state index contributed by atoms with van der Waals surface area (Å²) in [6, 6.07) is 0. The number of aliphatic hydroxyl groups excluding tert-OH is 2. The van der Waals surface area contributed by atoms with E-state index in [2.05, 4.69) is 9.97 Å². The fourth-order valence-corrected chi connectivity index (χ4v) is 2.29. The van der Waals surface area contributed by atoms with Crippen LogP contribution < -0.4 is 5.56 Å². The molecule has 7 heteroatoms. The molecule has 1 unspecified atom stereocenters. The number of hydrogen-bond donors (Lipinski definition) is 3. The normalized spacial score (nSPS) is 30.8. The zero-order valence-electron chi connectivity index (χ0n) is 11.1. The van der Waals surface area contributed by atoms with Gasteiger partial charge in [0, 0.05) is 12.8 Å². The first-order valence-electron chi connectivity index (χ1n) is 6.04. The van der Waals surface area contributed by atoms with Crippen LogP contribution in [0, 0.1) is 13.8 Å². The number of aromatic nitrogens is 2. The van der Waals surface area contributed by atoms with Crippen LogP contribution in [0.2, 0.25) is 0 Å². The van der Waals surface area contributed by atoms with Crippen LogP contribution in [-0.2, 0) is 9.47 Å². The van der Waals surface area contributed by atoms with Gasteiger partial charge >= 0.3 is 0 Å². The van der Waals surface area contributed by atoms with Crippen LogP contribution in [0.4, 0.5) is 0 Å². The summed E-state index contributed by atoms with van der Waals surface area (Å²) in [5.74, 6) is 0. The van der Waals surface area contributed by atoms with Crippen LogP contribution >= 0.6 is 0 Å². The van der Waals surface area contributed by atoms with Crippen molar-refractivity contribution >= 4 is 0 Å². The van der Waals surface area contributed by atoms with Gasteiger partial charge in [0.2, 0.25) is 0 Å². The van der Waals surface area contributed by atoms with E-state index in [-0.39, 0.29) is 12.2 Å². The average Bonchev–Trinajstić information content (AvgIpc) is 2.70. The number of aliphatic hydroxyl groups is 2. The highest BCUT2D eigenvalue weighted by atomic mass is 16.6. The molecule has 1 saturated heterocycles. The molecule has 1 aromatic rings. The molecule has 0 aliphatic carbocycles. The lowest BCUT2D eigenvalue weighted by Crippen LogP contribution is -2.34. The van der Waals surface area contributed by atoms with E-state index in [1.165, 1.54) is 7.11 Å². The van der Waals surface area contributed by atoms with E-state index in [0.29, 0.717) is 17.1 Å². The Bertz CT molecular complexity index is 515. The van der Waals surface area contributed by atoms with E-state index in [9.17, 15) is 9.90 Å². The lowest BCUT2D eigenvalue weighted by atomic mass is 10.0. The largest absolute Gasteiger partial charge is 0.394 e. The Morgan fingerprint density at radius 2 is 2.16 bits per heavy atom. The summed E-state index contributed by atoms with van der Waals surface area (Å²) < 4.78 is 10.8. The smallest absolute Gasteiger partial charge is 0.269 e. The molecule has 2 heterocycles. The third-order valence-corrected chi connectivity index (χ3v) is 3.36. The molecule has 7 nitrogen and oxygen atoms in total. The van der Waals surface area contributed by atoms with Crippen molar-refractivity contribution < 1.29 is 19.7 Å². The fourth-order valence-electron chi connectivity index (χ4n) is 2.29. The zero-order valence-corrected chi connectivity index (χ0v) is 11.1. The van der Waals surface area contributed by atoms with Gasteiger partial charge in [0.25, 0.3) is 5.56 Å². The average molecular weight is 270 g/mol. The number of nitrogens with zero attached hydrogens (tertiary/aromatic N) is 1. The molecule has 0 radical (unpaired) electrons. The maximum atomic E-state index is 11.5. The molecular weight excluding hydrogens is 252 g/mol. The van der Waals surface area contributed by atoms with Crippen molar-refractivity contribution in [2.24, 2.45) is 0 Å². The van der Waals surface area contributed by atoms with E-state index in [1.54, 1.807) is 13.8 Å². The van der Waals surface area contributed by atoms with Gasteiger partial charge in [0.15, 0.2) is 0 Å². The molecule has 0 amide bonds. The third-order valence-electron chi connectivity index (χ3n) is 3.36. The van der Waals surface area contributed by atoms with Crippen molar-refractivity contribution in [2.75, 3.05) is 13.7 Å². The molecule has 0 saturated carbocycles. The van der Waals surface area contributed by atoms with Gasteiger partial charge in [-0.25, -0.2) is 4.98 Å². The molecule has 0 bridgehead atoms. The highest BCUT2D eigenvalue weighted by Gasteiger charge is 2.45. The highest BCUT2D eigenvalue weighted by molar-refractivity contribution is 5.18. The maximum Gasteiger partial charge on any atom is 0.269 e. The SMILES string of the molecule is CO[C@H]1C(O)[C@@H](CO)O[C@H]1c1nc(C)c(=O)[nH]c1C. The summed E-state index contributed by atoms with van der Waals surface area (Å²) in [4.78, 5) is 18.4. The predicted octanol–water partition coefficient (Wildman–Crippen LogP) is -0.805. The third kappa shape index (κ3) is 2.42. The van der Waals surface area contributed by atoms with Gasteiger partial charge in [-0.3, -0.25) is 4.79 Å². The Balaban J connectivity index is 2.41. The second-order valence-electron chi connectivity index (χ2n) is 4.63. The second kappa shape index (κ2) is 5.38. The van der Waals surface area contributed by atoms with E-state index in [1.807, 2.05) is 0 Å². The standard InChI is InChI=1S/C12H18N2O5/c1-5-8(13-6(2)12(17)14-5)10-11(18-3)9(16)7(4-15)19-10/h7,9-11,15-16H,4H2,1-3H3,(H,14,17)/t7-,9?,10+,11+/m1/s1. The van der Waals surface area contributed by atoms with Crippen molar-refractivity contribution in [3.63, 3.8) is 0 Å². The molecule has 1 fully saturated rings. The minimum Gasteiger partial charge on any atom is -0.394 e. The van der Waals surface area contributed by atoms with Gasteiger partial charge in [-0.05, 0) is 13.8 Å². The Morgan fingerprint density at radius 3 is 2.74 bits per heavy atom. The molecule has 4 atom stereocenters. The molecular formula is C12H18N2O5. The Hall–Kier alpha value is -1.28. The number of H-pyrrole nitrogens is 1. The second-order valence-corrected chi connectivity index (χ2v) is 4.63. The number of aromatic amines is 1. The van der Waals surface area contributed by atoms with Gasteiger partial charge in [-0.15, -0.1) is 0 Å². The Kier molecular flexibility index (Phi) is 4.00. The first-order valence-corrected chi connectivity index (χ1v) is 6.04. The van der Waals surface area contributed by atoms with Gasteiger partial charge in [-0.1, -0.05) is 0 Å². The lowest BCUT2D eigenvalue weighted by Gasteiger charge is -2.19. The number of ether oxygens (including phenoxy) is 2. The van der Waals surface area contributed by atoms with Crippen molar-refractivity contribution in [3.05, 3.63) is 27.4 Å². The van der Waals surface area contributed by atoms with E-state index < -0.39 is 24.4 Å². The minimum absolute atomic E-state index is 0.257. The van der Waals surface area contributed by atoms with Crippen LogP contribution in [0.25, 0.3) is 0 Å². The summed E-state index contributed by atoms with van der Waals surface area (Å²) >= 11 is 0. The molecule has 1 aromatic heterocycles. The molecule has 1 aliphatic rings. The molecule has 0 spiro atoms. The first-order chi connectivity index (χ1) is 8.99. The van der Waals surface area contributed by atoms with Crippen molar-refractivity contribution in [2.45, 2.75) is 38.3 Å². The van der Waals surface area contributed by atoms with E-state index >= 15 is 0 Å². The number of hydrogen-bond acceptors (Lipinski definition) is 6. The van der Waals surface area contributed by atoms with Crippen LogP contribution in [0.1, 0.15) is 23.2 Å². The van der Waals surface area contributed by atoms with Gasteiger partial charge in [-0.2, -0.15) is 0 Å². The predicted molar refractivity (Wildman–Crippen MR) is 65.8 cm³/mol. The maximum absolute atomic E-state index is 11.5. The van der Waals surface area contributed by atoms with E-state index in [0.717, 1.165) is 0 Å². The summed E-state index contributed by atoms with van der Waals surface area (Å²) in [7, 11) is 1.46. The number of rotatable bonds is 3. The first kappa shape index (κ1) is 14.1. The van der Waals surface area contributed by atoms with Gasteiger partial charge in [0.1, 0.15) is 30.1 Å². The van der Waals surface area contributed by atoms with Gasteiger partial charge < -0.3 is 24.7 Å². The molecule has 106 valence electrons. The topological polar surface area (TPSA) is 105 Å². The van der Waals surface area contributed by atoms with Crippen molar-refractivity contribution in [1.82, 2.24) is 9.97 Å². The monoisotopic (exact) mass is 270 g/mol. The number of nitrogens with one attached hydrogen (secondary N) is 1. The van der Waals surface area contributed by atoms with Crippen LogP contribution in [-0.4, -0.2) is 52.2 Å². The Labute approximate surface area is 110 Å². The van der Waals surface area contributed by atoms with Crippen LogP contribution in [0.5, 0.6) is 0 Å². The molecule has 1 aliphatic heterocycles. The Morgan fingerprint density at radius 1 is 1.47 bits per heavy atom. The molecule has 3 N–H and O–H groups in total. The fraction of sp³-hybridized carbons (Fsp3) is 0.667. The van der Waals surface area contributed by atoms with Gasteiger partial charge in [0.05, 0.1) is 12.3 Å². The van der Waals surface area contributed by atoms with Crippen LogP contribution in [0.15, 0.2) is 4.79 Å². The molecule has 19 heavy (non-hydrogen) atoms. The number of methoxy groups -OCH3 is 1. The van der Waals surface area contributed by atoms with Crippen molar-refractivity contribution in [1.29, 1.82) is 0 Å².